The largest absolute Gasteiger partial charge is 0.481 e. The molecular weight excluding hydrogens is 365 g/mol. The van der Waals surface area contributed by atoms with Crippen LogP contribution in [-0.4, -0.2) is 16.1 Å². The maximum absolute atomic E-state index is 13.5. The molecule has 29 heavy (non-hydrogen) atoms. The van der Waals surface area contributed by atoms with E-state index >= 15 is 0 Å². The van der Waals surface area contributed by atoms with Crippen molar-refractivity contribution in [1.29, 1.82) is 0 Å². The molecule has 1 aromatic heterocycles. The summed E-state index contributed by atoms with van der Waals surface area (Å²) in [6.07, 6.45) is 9.09. The van der Waals surface area contributed by atoms with E-state index in [9.17, 15) is 9.18 Å². The van der Waals surface area contributed by atoms with E-state index in [1.807, 2.05) is 30.3 Å². The summed E-state index contributed by atoms with van der Waals surface area (Å²) in [5, 5.41) is 9.85. The SMILES string of the molecule is O=C(O)CCCC/C=C/c1c(C2CC2)nc2ccccc2c1-c1ccc(F)cc1. The number of rotatable bonds is 8. The summed E-state index contributed by atoms with van der Waals surface area (Å²) in [7, 11) is 0. The molecule has 1 fully saturated rings. The molecule has 1 heterocycles. The molecule has 0 aliphatic heterocycles. The van der Waals surface area contributed by atoms with Crippen molar-refractivity contribution in [2.75, 3.05) is 0 Å². The molecule has 0 radical (unpaired) electrons. The molecule has 3 aromatic rings. The van der Waals surface area contributed by atoms with Gasteiger partial charge >= 0.3 is 5.97 Å². The van der Waals surface area contributed by atoms with Crippen LogP contribution in [0.2, 0.25) is 0 Å². The Labute approximate surface area is 169 Å². The van der Waals surface area contributed by atoms with Crippen LogP contribution in [0.25, 0.3) is 28.1 Å². The van der Waals surface area contributed by atoms with Crippen LogP contribution in [0.1, 0.15) is 55.7 Å². The van der Waals surface area contributed by atoms with Crippen molar-refractivity contribution in [3.63, 3.8) is 0 Å². The molecule has 4 rings (SSSR count). The number of carboxylic acids is 1. The minimum atomic E-state index is -0.748. The van der Waals surface area contributed by atoms with E-state index < -0.39 is 5.97 Å². The van der Waals surface area contributed by atoms with Crippen LogP contribution in [0.5, 0.6) is 0 Å². The molecule has 4 heteroatoms. The summed E-state index contributed by atoms with van der Waals surface area (Å²) in [5.41, 5.74) is 5.27. The predicted octanol–water partition coefficient (Wildman–Crippen LogP) is 6.58. The van der Waals surface area contributed by atoms with Crippen LogP contribution >= 0.6 is 0 Å². The Balaban J connectivity index is 1.76. The summed E-state index contributed by atoms with van der Waals surface area (Å²) >= 11 is 0. The summed E-state index contributed by atoms with van der Waals surface area (Å²) in [4.78, 5) is 15.7. The van der Waals surface area contributed by atoms with Crippen LogP contribution in [0.3, 0.4) is 0 Å². The van der Waals surface area contributed by atoms with Crippen molar-refractivity contribution in [1.82, 2.24) is 4.98 Å². The van der Waals surface area contributed by atoms with Crippen molar-refractivity contribution in [3.8, 4) is 11.1 Å². The normalized spacial score (nSPS) is 14.0. The summed E-state index contributed by atoms with van der Waals surface area (Å²) in [6, 6.07) is 14.8. The van der Waals surface area contributed by atoms with E-state index in [2.05, 4.69) is 18.2 Å². The molecule has 0 unspecified atom stereocenters. The third-order valence-electron chi connectivity index (χ3n) is 5.35. The lowest BCUT2D eigenvalue weighted by atomic mass is 9.92. The van der Waals surface area contributed by atoms with Gasteiger partial charge in [-0.3, -0.25) is 9.78 Å². The van der Waals surface area contributed by atoms with Gasteiger partial charge in [0.25, 0.3) is 0 Å². The minimum Gasteiger partial charge on any atom is -0.481 e. The molecule has 1 aliphatic carbocycles. The first-order chi connectivity index (χ1) is 14.1. The van der Waals surface area contributed by atoms with Crippen molar-refractivity contribution >= 4 is 22.9 Å². The zero-order valence-electron chi connectivity index (χ0n) is 16.3. The van der Waals surface area contributed by atoms with Crippen LogP contribution in [0, 0.1) is 5.82 Å². The number of benzene rings is 2. The van der Waals surface area contributed by atoms with Gasteiger partial charge < -0.3 is 5.11 Å². The second-order valence-corrected chi connectivity index (χ2v) is 7.63. The Bertz CT molecular complexity index is 1050. The summed E-state index contributed by atoms with van der Waals surface area (Å²) in [6.45, 7) is 0. The monoisotopic (exact) mass is 389 g/mol. The topological polar surface area (TPSA) is 50.2 Å². The molecule has 0 spiro atoms. The van der Waals surface area contributed by atoms with E-state index in [-0.39, 0.29) is 12.2 Å². The van der Waals surface area contributed by atoms with E-state index in [4.69, 9.17) is 10.1 Å². The average Bonchev–Trinajstić information content (AvgIpc) is 3.55. The zero-order chi connectivity index (χ0) is 20.2. The Morgan fingerprint density at radius 1 is 1.10 bits per heavy atom. The second-order valence-electron chi connectivity index (χ2n) is 7.63. The number of fused-ring (bicyclic) bond motifs is 1. The number of aromatic nitrogens is 1. The maximum Gasteiger partial charge on any atom is 0.303 e. The lowest BCUT2D eigenvalue weighted by Gasteiger charge is -2.15. The van der Waals surface area contributed by atoms with Crippen LogP contribution in [0.4, 0.5) is 4.39 Å². The van der Waals surface area contributed by atoms with Crippen LogP contribution in [0.15, 0.2) is 54.6 Å². The highest BCUT2D eigenvalue weighted by Crippen LogP contribution is 2.45. The Kier molecular flexibility index (Phi) is 5.70. The zero-order valence-corrected chi connectivity index (χ0v) is 16.3. The Morgan fingerprint density at radius 2 is 1.86 bits per heavy atom. The fourth-order valence-corrected chi connectivity index (χ4v) is 3.75. The van der Waals surface area contributed by atoms with Gasteiger partial charge in [0.1, 0.15) is 5.82 Å². The van der Waals surface area contributed by atoms with Crippen molar-refractivity contribution in [2.45, 2.75) is 44.4 Å². The summed E-state index contributed by atoms with van der Waals surface area (Å²) < 4.78 is 13.5. The van der Waals surface area contributed by atoms with Crippen molar-refractivity contribution < 1.29 is 14.3 Å². The molecule has 0 bridgehead atoms. The first-order valence-electron chi connectivity index (χ1n) is 10.2. The second kappa shape index (κ2) is 8.56. The van der Waals surface area contributed by atoms with Crippen LogP contribution < -0.4 is 0 Å². The number of hydrogen-bond acceptors (Lipinski definition) is 2. The van der Waals surface area contributed by atoms with Gasteiger partial charge in [0, 0.05) is 28.9 Å². The van der Waals surface area contributed by atoms with Gasteiger partial charge in [-0.15, -0.1) is 0 Å². The molecule has 1 N–H and O–H groups in total. The van der Waals surface area contributed by atoms with Crippen molar-refractivity contribution in [2.24, 2.45) is 0 Å². The number of hydrogen-bond donors (Lipinski definition) is 1. The molecule has 3 nitrogen and oxygen atoms in total. The van der Waals surface area contributed by atoms with E-state index in [1.54, 1.807) is 0 Å². The average molecular weight is 389 g/mol. The highest BCUT2D eigenvalue weighted by atomic mass is 19.1. The standard InChI is InChI=1S/C25H24FNO2/c26-19-15-13-17(14-16-19)24-20-7-5-6-9-22(20)27-25(18-11-12-18)21(24)8-3-1-2-4-10-23(28)29/h3,5-9,13-16,18H,1-2,4,10-12H2,(H,28,29)/b8-3+. The molecule has 0 saturated heterocycles. The van der Waals surface area contributed by atoms with Gasteiger partial charge in [0.2, 0.25) is 0 Å². The number of unbranched alkanes of at least 4 members (excludes halogenated alkanes) is 2. The number of carbonyl (C=O) groups is 1. The number of nitrogens with zero attached hydrogens (tertiary/aromatic N) is 1. The first kappa shape index (κ1) is 19.3. The van der Waals surface area contributed by atoms with E-state index in [1.165, 1.54) is 12.1 Å². The summed E-state index contributed by atoms with van der Waals surface area (Å²) in [5.74, 6) is -0.516. The molecule has 2 aromatic carbocycles. The predicted molar refractivity (Wildman–Crippen MR) is 114 cm³/mol. The third kappa shape index (κ3) is 4.53. The highest BCUT2D eigenvalue weighted by molar-refractivity contribution is 5.99. The quantitative estimate of drug-likeness (QED) is 0.443. The lowest BCUT2D eigenvalue weighted by Crippen LogP contribution is -1.98. The maximum atomic E-state index is 13.5. The number of carboxylic acid groups (broad SMARTS) is 1. The van der Waals surface area contributed by atoms with E-state index in [0.717, 1.165) is 59.0 Å². The van der Waals surface area contributed by atoms with Gasteiger partial charge in [0.15, 0.2) is 0 Å². The molecule has 1 aliphatic rings. The van der Waals surface area contributed by atoms with E-state index in [0.29, 0.717) is 12.3 Å². The number of pyridine rings is 1. The molecular formula is C25H24FNO2. The fourth-order valence-electron chi connectivity index (χ4n) is 3.75. The smallest absolute Gasteiger partial charge is 0.303 e. The minimum absolute atomic E-state index is 0.208. The number of aliphatic carboxylic acids is 1. The van der Waals surface area contributed by atoms with Gasteiger partial charge in [-0.05, 0) is 55.9 Å². The van der Waals surface area contributed by atoms with Crippen molar-refractivity contribution in [3.05, 3.63) is 71.7 Å². The van der Waals surface area contributed by atoms with Crippen LogP contribution in [-0.2, 0) is 4.79 Å². The molecule has 0 amide bonds. The Hall–Kier alpha value is -3.01. The third-order valence-corrected chi connectivity index (χ3v) is 5.35. The van der Waals surface area contributed by atoms with Gasteiger partial charge in [-0.1, -0.05) is 42.5 Å². The highest BCUT2D eigenvalue weighted by Gasteiger charge is 2.29. The Morgan fingerprint density at radius 3 is 2.59 bits per heavy atom. The van der Waals surface area contributed by atoms with Gasteiger partial charge in [0.05, 0.1) is 11.2 Å². The molecule has 1 saturated carbocycles. The molecule has 0 atom stereocenters. The van der Waals surface area contributed by atoms with Gasteiger partial charge in [-0.2, -0.15) is 0 Å². The first-order valence-corrected chi connectivity index (χ1v) is 10.2. The fraction of sp³-hybridized carbons (Fsp3) is 0.280. The van der Waals surface area contributed by atoms with Gasteiger partial charge in [-0.25, -0.2) is 4.39 Å². The number of halogens is 1. The number of allylic oxidation sites excluding steroid dienone is 1. The number of para-hydroxylation sites is 1. The lowest BCUT2D eigenvalue weighted by molar-refractivity contribution is -0.137. The molecule has 148 valence electrons.